The second kappa shape index (κ2) is 8.30. The molecule has 2 aromatic rings. The van der Waals surface area contributed by atoms with E-state index in [4.69, 9.17) is 4.74 Å². The van der Waals surface area contributed by atoms with Gasteiger partial charge in [-0.3, -0.25) is 4.90 Å². The molecule has 2 heterocycles. The number of piperidine rings is 1. The van der Waals surface area contributed by atoms with Crippen LogP contribution >= 0.6 is 0 Å². The third-order valence-electron chi connectivity index (χ3n) is 4.36. The molecule has 5 nitrogen and oxygen atoms in total. The van der Waals surface area contributed by atoms with Gasteiger partial charge in [0.2, 0.25) is 11.8 Å². The third-order valence-corrected chi connectivity index (χ3v) is 4.36. The standard InChI is InChI=1S/C20H28N4O/c1-15(2)25-19-13-16(3)21-20(23-19)22-18-9-11-24(12-10-18)14-17-7-5-4-6-8-17/h4-8,13,15,18H,9-12,14H2,1-3H3,(H,21,22,23). The smallest absolute Gasteiger partial charge is 0.226 e. The first-order valence-electron chi connectivity index (χ1n) is 9.13. The van der Waals surface area contributed by atoms with E-state index >= 15 is 0 Å². The molecule has 1 aliphatic rings. The first-order valence-corrected chi connectivity index (χ1v) is 9.13. The first-order chi connectivity index (χ1) is 12.1. The molecule has 0 radical (unpaired) electrons. The monoisotopic (exact) mass is 340 g/mol. The third kappa shape index (κ3) is 5.43. The van der Waals surface area contributed by atoms with Crippen LogP contribution in [-0.4, -0.2) is 40.1 Å². The fourth-order valence-corrected chi connectivity index (χ4v) is 3.17. The fourth-order valence-electron chi connectivity index (χ4n) is 3.17. The van der Waals surface area contributed by atoms with Crippen LogP contribution in [0, 0.1) is 6.92 Å². The fraction of sp³-hybridized carbons (Fsp3) is 0.500. The van der Waals surface area contributed by atoms with E-state index in [-0.39, 0.29) is 6.10 Å². The Bertz CT molecular complexity index is 667. The van der Waals surface area contributed by atoms with Gasteiger partial charge < -0.3 is 10.1 Å². The summed E-state index contributed by atoms with van der Waals surface area (Å²) in [6.07, 6.45) is 2.32. The van der Waals surface area contributed by atoms with E-state index in [9.17, 15) is 0 Å². The average Bonchev–Trinajstić information content (AvgIpc) is 2.56. The molecule has 1 aromatic carbocycles. The summed E-state index contributed by atoms with van der Waals surface area (Å²) in [5.41, 5.74) is 2.31. The van der Waals surface area contributed by atoms with Gasteiger partial charge in [-0.05, 0) is 39.2 Å². The summed E-state index contributed by atoms with van der Waals surface area (Å²) in [6.45, 7) is 9.20. The molecule has 1 fully saturated rings. The number of rotatable bonds is 6. The Morgan fingerprint density at radius 3 is 2.56 bits per heavy atom. The van der Waals surface area contributed by atoms with Crippen LogP contribution in [0.1, 0.15) is 37.9 Å². The van der Waals surface area contributed by atoms with Crippen LogP contribution in [-0.2, 0) is 6.54 Å². The summed E-state index contributed by atoms with van der Waals surface area (Å²) >= 11 is 0. The molecule has 0 amide bonds. The normalized spacial score (nSPS) is 16.2. The Morgan fingerprint density at radius 1 is 1.16 bits per heavy atom. The van der Waals surface area contributed by atoms with Crippen molar-refractivity contribution in [2.75, 3.05) is 18.4 Å². The van der Waals surface area contributed by atoms with Crippen LogP contribution in [0.4, 0.5) is 5.95 Å². The summed E-state index contributed by atoms with van der Waals surface area (Å²) in [5.74, 6) is 1.32. The van der Waals surface area contributed by atoms with Crippen LogP contribution in [0.2, 0.25) is 0 Å². The number of ether oxygens (including phenoxy) is 1. The molecule has 0 atom stereocenters. The second-order valence-corrected chi connectivity index (χ2v) is 7.02. The van der Waals surface area contributed by atoms with Crippen LogP contribution < -0.4 is 10.1 Å². The summed E-state index contributed by atoms with van der Waals surface area (Å²) in [7, 11) is 0. The van der Waals surface area contributed by atoms with Gasteiger partial charge in [0.1, 0.15) is 0 Å². The number of aromatic nitrogens is 2. The number of likely N-dealkylation sites (tertiary alicyclic amines) is 1. The molecule has 134 valence electrons. The molecular formula is C20H28N4O. The van der Waals surface area contributed by atoms with E-state index in [2.05, 4.69) is 50.5 Å². The summed E-state index contributed by atoms with van der Waals surface area (Å²) < 4.78 is 5.71. The van der Waals surface area contributed by atoms with Crippen molar-refractivity contribution < 1.29 is 4.74 Å². The van der Waals surface area contributed by atoms with E-state index in [0.717, 1.165) is 38.2 Å². The summed E-state index contributed by atoms with van der Waals surface area (Å²) in [6, 6.07) is 13.0. The number of hydrogen-bond acceptors (Lipinski definition) is 5. The maximum atomic E-state index is 5.71. The average molecular weight is 340 g/mol. The van der Waals surface area contributed by atoms with E-state index in [1.54, 1.807) is 0 Å². The van der Waals surface area contributed by atoms with Crippen molar-refractivity contribution in [3.8, 4) is 5.88 Å². The number of hydrogen-bond donors (Lipinski definition) is 1. The van der Waals surface area contributed by atoms with E-state index in [0.29, 0.717) is 17.9 Å². The molecule has 0 unspecified atom stereocenters. The Morgan fingerprint density at radius 2 is 1.88 bits per heavy atom. The molecular weight excluding hydrogens is 312 g/mol. The lowest BCUT2D eigenvalue weighted by Crippen LogP contribution is -2.39. The minimum absolute atomic E-state index is 0.114. The Balaban J connectivity index is 1.53. The number of anilines is 1. The van der Waals surface area contributed by atoms with Gasteiger partial charge in [-0.15, -0.1) is 0 Å². The van der Waals surface area contributed by atoms with E-state index in [1.165, 1.54) is 5.56 Å². The number of aryl methyl sites for hydroxylation is 1. The van der Waals surface area contributed by atoms with Crippen molar-refractivity contribution in [3.05, 3.63) is 47.7 Å². The predicted octanol–water partition coefficient (Wildman–Crippen LogP) is 3.65. The molecule has 3 rings (SSSR count). The van der Waals surface area contributed by atoms with Gasteiger partial charge >= 0.3 is 0 Å². The summed E-state index contributed by atoms with van der Waals surface area (Å²) in [5, 5.41) is 3.49. The number of nitrogens with one attached hydrogen (secondary N) is 1. The topological polar surface area (TPSA) is 50.3 Å². The van der Waals surface area contributed by atoms with Crippen LogP contribution in [0.5, 0.6) is 5.88 Å². The van der Waals surface area contributed by atoms with E-state index in [1.807, 2.05) is 26.8 Å². The van der Waals surface area contributed by atoms with Gasteiger partial charge in [-0.2, -0.15) is 4.98 Å². The van der Waals surface area contributed by atoms with Gasteiger partial charge in [-0.25, -0.2) is 4.98 Å². The number of benzene rings is 1. The highest BCUT2D eigenvalue weighted by atomic mass is 16.5. The molecule has 0 aliphatic carbocycles. The van der Waals surface area contributed by atoms with E-state index < -0.39 is 0 Å². The predicted molar refractivity (Wildman–Crippen MR) is 101 cm³/mol. The molecule has 1 aliphatic heterocycles. The van der Waals surface area contributed by atoms with Crippen molar-refractivity contribution in [1.82, 2.24) is 14.9 Å². The maximum absolute atomic E-state index is 5.71. The second-order valence-electron chi connectivity index (χ2n) is 7.02. The van der Waals surface area contributed by atoms with Gasteiger partial charge in [0, 0.05) is 37.4 Å². The zero-order valence-corrected chi connectivity index (χ0v) is 15.4. The van der Waals surface area contributed by atoms with Crippen molar-refractivity contribution in [2.45, 2.75) is 52.3 Å². The highest BCUT2D eigenvalue weighted by molar-refractivity contribution is 5.32. The lowest BCUT2D eigenvalue weighted by atomic mass is 10.0. The molecule has 0 spiro atoms. The molecule has 1 saturated heterocycles. The minimum Gasteiger partial charge on any atom is -0.475 e. The Kier molecular flexibility index (Phi) is 5.87. The van der Waals surface area contributed by atoms with Crippen LogP contribution in [0.3, 0.4) is 0 Å². The summed E-state index contributed by atoms with van der Waals surface area (Å²) in [4.78, 5) is 11.5. The van der Waals surface area contributed by atoms with Crippen LogP contribution in [0.15, 0.2) is 36.4 Å². The lowest BCUT2D eigenvalue weighted by molar-refractivity contribution is 0.210. The molecule has 25 heavy (non-hydrogen) atoms. The molecule has 0 bridgehead atoms. The largest absolute Gasteiger partial charge is 0.475 e. The van der Waals surface area contributed by atoms with Crippen molar-refractivity contribution in [3.63, 3.8) is 0 Å². The Hall–Kier alpha value is -2.14. The van der Waals surface area contributed by atoms with Gasteiger partial charge in [0.25, 0.3) is 0 Å². The molecule has 1 aromatic heterocycles. The van der Waals surface area contributed by atoms with Crippen molar-refractivity contribution >= 4 is 5.95 Å². The van der Waals surface area contributed by atoms with Gasteiger partial charge in [-0.1, -0.05) is 30.3 Å². The highest BCUT2D eigenvalue weighted by Gasteiger charge is 2.20. The zero-order chi connectivity index (χ0) is 17.6. The molecule has 1 N–H and O–H groups in total. The first kappa shape index (κ1) is 17.7. The quantitative estimate of drug-likeness (QED) is 0.870. The SMILES string of the molecule is Cc1cc(OC(C)C)nc(NC2CCN(Cc3ccccc3)CC2)n1. The van der Waals surface area contributed by atoms with Crippen molar-refractivity contribution in [2.24, 2.45) is 0 Å². The molecule has 5 heteroatoms. The lowest BCUT2D eigenvalue weighted by Gasteiger charge is -2.32. The van der Waals surface area contributed by atoms with Gasteiger partial charge in [0.15, 0.2) is 0 Å². The van der Waals surface area contributed by atoms with Gasteiger partial charge in [0.05, 0.1) is 6.10 Å². The number of nitrogens with zero attached hydrogens (tertiary/aromatic N) is 3. The zero-order valence-electron chi connectivity index (χ0n) is 15.4. The highest BCUT2D eigenvalue weighted by Crippen LogP contribution is 2.19. The minimum atomic E-state index is 0.114. The molecule has 0 saturated carbocycles. The van der Waals surface area contributed by atoms with Crippen molar-refractivity contribution in [1.29, 1.82) is 0 Å². The maximum Gasteiger partial charge on any atom is 0.226 e. The Labute approximate surface area is 150 Å². The van der Waals surface area contributed by atoms with Crippen LogP contribution in [0.25, 0.3) is 0 Å².